The average molecular weight is 225 g/mol. The fraction of sp³-hybridized carbons (Fsp3) is 0.556. The number of ether oxygens (including phenoxy) is 1. The molecule has 7 nitrogen and oxygen atoms in total. The monoisotopic (exact) mass is 225 g/mol. The van der Waals surface area contributed by atoms with E-state index in [9.17, 15) is 5.11 Å². The maximum absolute atomic E-state index is 9.22. The number of nitrogens with two attached hydrogens (primary N) is 1. The molecule has 16 heavy (non-hydrogen) atoms. The Labute approximate surface area is 93.0 Å². The SMILES string of the molecule is COc1c(NN)ncnc1NC1(CO)CC1. The molecule has 0 radical (unpaired) electrons. The van der Waals surface area contributed by atoms with E-state index in [1.165, 1.54) is 13.4 Å². The highest BCUT2D eigenvalue weighted by molar-refractivity contribution is 5.64. The Morgan fingerprint density at radius 2 is 2.19 bits per heavy atom. The van der Waals surface area contributed by atoms with Crippen LogP contribution in [0.15, 0.2) is 6.33 Å². The van der Waals surface area contributed by atoms with Crippen molar-refractivity contribution in [2.75, 3.05) is 24.5 Å². The first-order valence-corrected chi connectivity index (χ1v) is 4.99. The number of nitrogens with one attached hydrogen (secondary N) is 2. The van der Waals surface area contributed by atoms with Crippen molar-refractivity contribution in [1.82, 2.24) is 9.97 Å². The van der Waals surface area contributed by atoms with Gasteiger partial charge in [-0.15, -0.1) is 0 Å². The number of hydrazine groups is 1. The van der Waals surface area contributed by atoms with E-state index in [1.54, 1.807) is 0 Å². The van der Waals surface area contributed by atoms with E-state index in [0.717, 1.165) is 12.8 Å². The lowest BCUT2D eigenvalue weighted by Crippen LogP contribution is -2.26. The molecule has 2 rings (SSSR count). The average Bonchev–Trinajstić information content (AvgIpc) is 3.09. The quantitative estimate of drug-likeness (QED) is 0.403. The minimum atomic E-state index is -0.256. The van der Waals surface area contributed by atoms with Gasteiger partial charge in [-0.25, -0.2) is 15.8 Å². The lowest BCUT2D eigenvalue weighted by Gasteiger charge is -2.18. The standard InChI is InChI=1S/C9H15N5O2/c1-16-6-7(11-5-12-8(6)14-10)13-9(4-15)2-3-9/h5,15H,2-4,10H2,1H3,(H2,11,12,13,14). The summed E-state index contributed by atoms with van der Waals surface area (Å²) >= 11 is 0. The number of aliphatic hydroxyl groups excluding tert-OH is 1. The molecule has 1 aromatic rings. The van der Waals surface area contributed by atoms with Gasteiger partial charge >= 0.3 is 0 Å². The third-order valence-corrected chi connectivity index (χ3v) is 2.68. The smallest absolute Gasteiger partial charge is 0.205 e. The summed E-state index contributed by atoms with van der Waals surface area (Å²) in [7, 11) is 1.52. The van der Waals surface area contributed by atoms with Crippen molar-refractivity contribution >= 4 is 11.6 Å². The summed E-state index contributed by atoms with van der Waals surface area (Å²) in [5, 5.41) is 12.4. The van der Waals surface area contributed by atoms with Crippen molar-refractivity contribution < 1.29 is 9.84 Å². The first kappa shape index (κ1) is 10.9. The summed E-state index contributed by atoms with van der Waals surface area (Å²) in [5.74, 6) is 6.71. The Kier molecular flexibility index (Phi) is 2.80. The van der Waals surface area contributed by atoms with Gasteiger partial charge in [0.2, 0.25) is 5.75 Å². The normalized spacial score (nSPS) is 16.7. The van der Waals surface area contributed by atoms with Gasteiger partial charge in [0.05, 0.1) is 19.3 Å². The summed E-state index contributed by atoms with van der Waals surface area (Å²) in [6.45, 7) is 0.0749. The molecule has 0 aromatic carbocycles. The molecule has 1 heterocycles. The molecule has 1 aliphatic rings. The van der Waals surface area contributed by atoms with E-state index in [1.807, 2.05) is 0 Å². The molecule has 0 amide bonds. The molecule has 1 saturated carbocycles. The van der Waals surface area contributed by atoms with Crippen molar-refractivity contribution in [3.8, 4) is 5.75 Å². The van der Waals surface area contributed by atoms with Crippen LogP contribution in [0.3, 0.4) is 0 Å². The van der Waals surface area contributed by atoms with Crippen LogP contribution in [0.25, 0.3) is 0 Å². The van der Waals surface area contributed by atoms with Gasteiger partial charge in [-0.2, -0.15) is 0 Å². The molecule has 88 valence electrons. The van der Waals surface area contributed by atoms with E-state index in [0.29, 0.717) is 17.4 Å². The van der Waals surface area contributed by atoms with Gasteiger partial charge < -0.3 is 20.6 Å². The second-order valence-electron chi connectivity index (χ2n) is 3.81. The third-order valence-electron chi connectivity index (χ3n) is 2.68. The summed E-state index contributed by atoms with van der Waals surface area (Å²) in [6.07, 6.45) is 3.22. The summed E-state index contributed by atoms with van der Waals surface area (Å²) in [4.78, 5) is 8.01. The van der Waals surface area contributed by atoms with E-state index in [2.05, 4.69) is 20.7 Å². The second-order valence-corrected chi connectivity index (χ2v) is 3.81. The molecule has 1 aromatic heterocycles. The number of methoxy groups -OCH3 is 1. The Hall–Kier alpha value is -1.60. The molecule has 1 fully saturated rings. The summed E-state index contributed by atoms with van der Waals surface area (Å²) < 4.78 is 5.17. The highest BCUT2D eigenvalue weighted by Gasteiger charge is 2.43. The Balaban J connectivity index is 2.26. The Bertz CT molecular complexity index is 380. The van der Waals surface area contributed by atoms with Crippen molar-refractivity contribution in [3.05, 3.63) is 6.33 Å². The summed E-state index contributed by atoms with van der Waals surface area (Å²) in [6, 6.07) is 0. The third kappa shape index (κ3) is 1.86. The number of aromatic nitrogens is 2. The zero-order valence-electron chi connectivity index (χ0n) is 9.03. The molecule has 0 saturated heterocycles. The zero-order chi connectivity index (χ0) is 11.6. The summed E-state index contributed by atoms with van der Waals surface area (Å²) in [5.41, 5.74) is 2.18. The van der Waals surface area contributed by atoms with Crippen LogP contribution < -0.4 is 21.3 Å². The van der Waals surface area contributed by atoms with Crippen molar-refractivity contribution in [1.29, 1.82) is 0 Å². The highest BCUT2D eigenvalue weighted by Crippen LogP contribution is 2.40. The lowest BCUT2D eigenvalue weighted by molar-refractivity contribution is 0.265. The predicted octanol–water partition coefficient (Wildman–Crippen LogP) is -0.292. The van der Waals surface area contributed by atoms with Gasteiger partial charge in [0.15, 0.2) is 11.6 Å². The van der Waals surface area contributed by atoms with Crippen LogP contribution in [-0.4, -0.2) is 34.3 Å². The predicted molar refractivity (Wildman–Crippen MR) is 59.1 cm³/mol. The van der Waals surface area contributed by atoms with Crippen LogP contribution in [-0.2, 0) is 0 Å². The lowest BCUT2D eigenvalue weighted by atomic mass is 10.3. The van der Waals surface area contributed by atoms with Gasteiger partial charge in [0, 0.05) is 0 Å². The van der Waals surface area contributed by atoms with Gasteiger partial charge in [-0.1, -0.05) is 0 Å². The zero-order valence-corrected chi connectivity index (χ0v) is 9.03. The van der Waals surface area contributed by atoms with Gasteiger partial charge in [-0.05, 0) is 12.8 Å². The van der Waals surface area contributed by atoms with E-state index < -0.39 is 0 Å². The molecule has 0 bridgehead atoms. The molecule has 0 atom stereocenters. The largest absolute Gasteiger partial charge is 0.490 e. The molecule has 7 heteroatoms. The number of hydrogen-bond donors (Lipinski definition) is 4. The van der Waals surface area contributed by atoms with Gasteiger partial charge in [-0.3, -0.25) is 0 Å². The molecule has 0 unspecified atom stereocenters. The van der Waals surface area contributed by atoms with Crippen LogP contribution in [0.1, 0.15) is 12.8 Å². The minimum absolute atomic E-state index is 0.0749. The Morgan fingerprint density at radius 1 is 1.50 bits per heavy atom. The van der Waals surface area contributed by atoms with Crippen molar-refractivity contribution in [2.45, 2.75) is 18.4 Å². The number of rotatable bonds is 5. The molecular weight excluding hydrogens is 210 g/mol. The first-order chi connectivity index (χ1) is 7.74. The number of nitrogens with zero attached hydrogens (tertiary/aromatic N) is 2. The maximum atomic E-state index is 9.22. The van der Waals surface area contributed by atoms with Crippen LogP contribution >= 0.6 is 0 Å². The van der Waals surface area contributed by atoms with E-state index >= 15 is 0 Å². The Morgan fingerprint density at radius 3 is 2.69 bits per heavy atom. The number of hydrogen-bond acceptors (Lipinski definition) is 7. The van der Waals surface area contributed by atoms with Gasteiger partial charge in [0.25, 0.3) is 0 Å². The van der Waals surface area contributed by atoms with Crippen molar-refractivity contribution in [3.63, 3.8) is 0 Å². The maximum Gasteiger partial charge on any atom is 0.205 e. The second kappa shape index (κ2) is 4.11. The van der Waals surface area contributed by atoms with Crippen LogP contribution in [0, 0.1) is 0 Å². The number of nitrogen functional groups attached to an aromatic ring is 1. The molecule has 0 spiro atoms. The fourth-order valence-corrected chi connectivity index (χ4v) is 1.48. The number of aliphatic hydroxyl groups is 1. The molecular formula is C9H15N5O2. The fourth-order valence-electron chi connectivity index (χ4n) is 1.48. The van der Waals surface area contributed by atoms with E-state index in [4.69, 9.17) is 10.6 Å². The van der Waals surface area contributed by atoms with Crippen LogP contribution in [0.4, 0.5) is 11.6 Å². The van der Waals surface area contributed by atoms with Crippen LogP contribution in [0.5, 0.6) is 5.75 Å². The number of anilines is 2. The minimum Gasteiger partial charge on any atom is -0.490 e. The molecule has 5 N–H and O–H groups in total. The van der Waals surface area contributed by atoms with Gasteiger partial charge in [0.1, 0.15) is 6.33 Å². The molecule has 0 aliphatic heterocycles. The van der Waals surface area contributed by atoms with E-state index in [-0.39, 0.29) is 12.1 Å². The van der Waals surface area contributed by atoms with Crippen molar-refractivity contribution in [2.24, 2.45) is 5.84 Å². The first-order valence-electron chi connectivity index (χ1n) is 4.99. The van der Waals surface area contributed by atoms with Crippen LogP contribution in [0.2, 0.25) is 0 Å². The topological polar surface area (TPSA) is 105 Å². The highest BCUT2D eigenvalue weighted by atomic mass is 16.5. The molecule has 1 aliphatic carbocycles.